The molecule has 0 saturated carbocycles. The summed E-state index contributed by atoms with van der Waals surface area (Å²) in [7, 11) is 0. The number of nitro benzene ring substituents is 1. The number of carbonyl (C=O) groups excluding carboxylic acids is 2. The summed E-state index contributed by atoms with van der Waals surface area (Å²) in [5.74, 6) is -0.206. The van der Waals surface area contributed by atoms with Gasteiger partial charge in [-0.15, -0.1) is 0 Å². The molecule has 3 rings (SSSR count). The SMILES string of the molecule is CC(=O)N1CCN(C(=O)/C=C/c2ccc(Sc3cccc(Cl)c3Cl)c([N+](=O)[O-])c2)CC1. The molecule has 0 bridgehead atoms. The van der Waals surface area contributed by atoms with Gasteiger partial charge in [-0.05, 0) is 29.8 Å². The van der Waals surface area contributed by atoms with E-state index in [2.05, 4.69) is 0 Å². The lowest BCUT2D eigenvalue weighted by Crippen LogP contribution is -2.49. The zero-order valence-electron chi connectivity index (χ0n) is 16.6. The number of nitrogens with zero attached hydrogens (tertiary/aromatic N) is 3. The minimum atomic E-state index is -0.471. The Morgan fingerprint density at radius 1 is 1.06 bits per heavy atom. The summed E-state index contributed by atoms with van der Waals surface area (Å²) in [4.78, 5) is 39.3. The van der Waals surface area contributed by atoms with Gasteiger partial charge in [0.05, 0.1) is 19.9 Å². The van der Waals surface area contributed by atoms with Crippen molar-refractivity contribution in [3.63, 3.8) is 0 Å². The van der Waals surface area contributed by atoms with Crippen molar-refractivity contribution >= 4 is 58.5 Å². The Kier molecular flexibility index (Phi) is 7.59. The fraction of sp³-hybridized carbons (Fsp3) is 0.238. The molecule has 31 heavy (non-hydrogen) atoms. The maximum atomic E-state index is 12.4. The van der Waals surface area contributed by atoms with Crippen LogP contribution in [0.5, 0.6) is 0 Å². The van der Waals surface area contributed by atoms with Crippen LogP contribution >= 0.6 is 35.0 Å². The van der Waals surface area contributed by atoms with Gasteiger partial charge in [0.15, 0.2) is 0 Å². The quantitative estimate of drug-likeness (QED) is 0.350. The molecule has 1 fully saturated rings. The summed E-state index contributed by atoms with van der Waals surface area (Å²) in [5.41, 5.74) is 0.440. The van der Waals surface area contributed by atoms with Crippen LogP contribution in [-0.2, 0) is 9.59 Å². The van der Waals surface area contributed by atoms with Gasteiger partial charge in [-0.2, -0.15) is 0 Å². The van der Waals surface area contributed by atoms with E-state index in [1.165, 1.54) is 19.1 Å². The maximum Gasteiger partial charge on any atom is 0.283 e. The molecule has 0 unspecified atom stereocenters. The first-order valence-corrected chi connectivity index (χ1v) is 11.0. The van der Waals surface area contributed by atoms with E-state index >= 15 is 0 Å². The summed E-state index contributed by atoms with van der Waals surface area (Å²) in [5, 5.41) is 12.3. The number of benzene rings is 2. The Hall–Kier alpha value is -2.55. The fourth-order valence-corrected chi connectivity index (χ4v) is 4.49. The zero-order valence-corrected chi connectivity index (χ0v) is 18.9. The predicted octanol–water partition coefficient (Wildman–Crippen LogP) is 4.76. The molecule has 0 radical (unpaired) electrons. The van der Waals surface area contributed by atoms with Crippen LogP contribution < -0.4 is 0 Å². The normalized spacial score (nSPS) is 14.2. The highest BCUT2D eigenvalue weighted by Gasteiger charge is 2.21. The molecule has 0 N–H and O–H groups in total. The van der Waals surface area contributed by atoms with Gasteiger partial charge in [0.25, 0.3) is 5.69 Å². The Morgan fingerprint density at radius 3 is 2.39 bits per heavy atom. The Labute approximate surface area is 193 Å². The van der Waals surface area contributed by atoms with Gasteiger partial charge in [-0.3, -0.25) is 19.7 Å². The first-order valence-electron chi connectivity index (χ1n) is 9.39. The number of amides is 2. The third kappa shape index (κ3) is 5.78. The topological polar surface area (TPSA) is 83.8 Å². The van der Waals surface area contributed by atoms with Gasteiger partial charge in [0, 0.05) is 50.1 Å². The van der Waals surface area contributed by atoms with Gasteiger partial charge in [-0.25, -0.2) is 0 Å². The van der Waals surface area contributed by atoms with Crippen LogP contribution in [0.1, 0.15) is 12.5 Å². The van der Waals surface area contributed by atoms with Crippen molar-refractivity contribution in [2.75, 3.05) is 26.2 Å². The van der Waals surface area contributed by atoms with Crippen LogP contribution in [0.25, 0.3) is 6.08 Å². The number of piperazine rings is 1. The second-order valence-electron chi connectivity index (χ2n) is 6.80. The lowest BCUT2D eigenvalue weighted by atomic mass is 10.2. The number of halogens is 2. The molecule has 0 atom stereocenters. The van der Waals surface area contributed by atoms with E-state index < -0.39 is 4.92 Å². The average Bonchev–Trinajstić information content (AvgIpc) is 2.75. The summed E-state index contributed by atoms with van der Waals surface area (Å²) in [6, 6.07) is 9.84. The highest BCUT2D eigenvalue weighted by atomic mass is 35.5. The van der Waals surface area contributed by atoms with Crippen LogP contribution in [0, 0.1) is 10.1 Å². The van der Waals surface area contributed by atoms with E-state index in [4.69, 9.17) is 23.2 Å². The van der Waals surface area contributed by atoms with E-state index in [0.717, 1.165) is 11.8 Å². The third-order valence-electron chi connectivity index (χ3n) is 4.77. The number of nitro groups is 1. The highest BCUT2D eigenvalue weighted by molar-refractivity contribution is 7.99. The standard InChI is InChI=1S/C21H19Cl2N3O4S/c1-14(27)24-9-11-25(12-10-24)20(28)8-6-15-5-7-18(17(13-15)26(29)30)31-19-4-2-3-16(22)21(19)23/h2-8,13H,9-12H2,1H3/b8-6+. The van der Waals surface area contributed by atoms with E-state index in [1.54, 1.807) is 46.2 Å². The van der Waals surface area contributed by atoms with Crippen LogP contribution in [0.2, 0.25) is 10.0 Å². The highest BCUT2D eigenvalue weighted by Crippen LogP contribution is 2.40. The van der Waals surface area contributed by atoms with Crippen molar-refractivity contribution in [2.24, 2.45) is 0 Å². The van der Waals surface area contributed by atoms with Crippen LogP contribution in [-0.4, -0.2) is 52.7 Å². The number of hydrogen-bond donors (Lipinski definition) is 0. The predicted molar refractivity (Wildman–Crippen MR) is 122 cm³/mol. The molecule has 162 valence electrons. The van der Waals surface area contributed by atoms with E-state index in [1.807, 2.05) is 0 Å². The maximum absolute atomic E-state index is 12.4. The molecule has 1 aliphatic rings. The number of rotatable bonds is 5. The fourth-order valence-electron chi connectivity index (χ4n) is 3.06. The van der Waals surface area contributed by atoms with Crippen molar-refractivity contribution < 1.29 is 14.5 Å². The molecular weight excluding hydrogens is 461 g/mol. The lowest BCUT2D eigenvalue weighted by Gasteiger charge is -2.33. The van der Waals surface area contributed by atoms with Crippen molar-refractivity contribution in [3.05, 3.63) is 68.2 Å². The molecular formula is C21H19Cl2N3O4S. The van der Waals surface area contributed by atoms with Gasteiger partial charge < -0.3 is 9.80 Å². The molecule has 7 nitrogen and oxygen atoms in total. The zero-order chi connectivity index (χ0) is 22.5. The summed E-state index contributed by atoms with van der Waals surface area (Å²) >= 11 is 13.4. The summed E-state index contributed by atoms with van der Waals surface area (Å²) < 4.78 is 0. The van der Waals surface area contributed by atoms with Gasteiger partial charge >= 0.3 is 0 Å². The van der Waals surface area contributed by atoms with Gasteiger partial charge in [-0.1, -0.05) is 47.1 Å². The van der Waals surface area contributed by atoms with Gasteiger partial charge in [0.2, 0.25) is 11.8 Å². The molecule has 1 saturated heterocycles. The summed E-state index contributed by atoms with van der Waals surface area (Å²) in [6.07, 6.45) is 2.94. The monoisotopic (exact) mass is 479 g/mol. The minimum Gasteiger partial charge on any atom is -0.339 e. The van der Waals surface area contributed by atoms with Crippen LogP contribution in [0.15, 0.2) is 52.3 Å². The smallest absolute Gasteiger partial charge is 0.283 e. The molecule has 2 aromatic carbocycles. The van der Waals surface area contributed by atoms with Crippen LogP contribution in [0.3, 0.4) is 0 Å². The molecule has 0 aromatic heterocycles. The van der Waals surface area contributed by atoms with E-state index in [9.17, 15) is 19.7 Å². The third-order valence-corrected chi connectivity index (χ3v) is 6.83. The Bertz CT molecular complexity index is 1050. The molecule has 2 aromatic rings. The van der Waals surface area contributed by atoms with E-state index in [0.29, 0.717) is 51.6 Å². The summed E-state index contributed by atoms with van der Waals surface area (Å²) in [6.45, 7) is 3.42. The second kappa shape index (κ2) is 10.2. The first kappa shape index (κ1) is 23.1. The molecule has 0 aliphatic carbocycles. The van der Waals surface area contributed by atoms with Gasteiger partial charge in [0.1, 0.15) is 0 Å². The molecule has 0 spiro atoms. The largest absolute Gasteiger partial charge is 0.339 e. The molecule has 1 aliphatic heterocycles. The average molecular weight is 480 g/mol. The molecule has 10 heteroatoms. The van der Waals surface area contributed by atoms with Crippen molar-refractivity contribution in [3.8, 4) is 0 Å². The first-order chi connectivity index (χ1) is 14.8. The van der Waals surface area contributed by atoms with E-state index in [-0.39, 0.29) is 17.5 Å². The van der Waals surface area contributed by atoms with Crippen molar-refractivity contribution in [1.29, 1.82) is 0 Å². The second-order valence-corrected chi connectivity index (χ2v) is 8.67. The molecule has 2 amide bonds. The van der Waals surface area contributed by atoms with Crippen LogP contribution in [0.4, 0.5) is 5.69 Å². The Balaban J connectivity index is 1.73. The number of hydrogen-bond acceptors (Lipinski definition) is 5. The lowest BCUT2D eigenvalue weighted by molar-refractivity contribution is -0.387. The Morgan fingerprint density at radius 2 is 1.74 bits per heavy atom. The van der Waals surface area contributed by atoms with Crippen molar-refractivity contribution in [2.45, 2.75) is 16.7 Å². The van der Waals surface area contributed by atoms with Crippen molar-refractivity contribution in [1.82, 2.24) is 9.80 Å². The molecule has 1 heterocycles. The minimum absolute atomic E-state index is 0.00743. The number of carbonyl (C=O) groups is 2.